The first-order valence-corrected chi connectivity index (χ1v) is 9.53. The maximum absolute atomic E-state index is 4.74. The van der Waals surface area contributed by atoms with E-state index in [1.54, 1.807) is 11.3 Å². The zero-order valence-corrected chi connectivity index (χ0v) is 14.9. The van der Waals surface area contributed by atoms with Gasteiger partial charge in [-0.2, -0.15) is 0 Å². The van der Waals surface area contributed by atoms with Crippen molar-refractivity contribution in [3.8, 4) is 0 Å². The molecule has 1 unspecified atom stereocenters. The van der Waals surface area contributed by atoms with Crippen LogP contribution < -0.4 is 5.32 Å². The van der Waals surface area contributed by atoms with E-state index in [0.29, 0.717) is 11.9 Å². The molecule has 26 heavy (non-hydrogen) atoms. The standard InChI is InChI=1S/C22H17N3S/c1-2-6-15(7-3-1)16-10-12-17(13-11-16)24-22-23-14-20-21(25-22)18-8-4-5-9-19(18)26-20/h1-6,8-15H,7H2,(H,23,24,25). The molecule has 1 atom stereocenters. The maximum atomic E-state index is 4.74. The van der Waals surface area contributed by atoms with Crippen LogP contribution in [0.25, 0.3) is 20.3 Å². The molecule has 4 heteroatoms. The van der Waals surface area contributed by atoms with E-state index in [1.165, 1.54) is 15.6 Å². The fourth-order valence-corrected chi connectivity index (χ4v) is 4.35. The van der Waals surface area contributed by atoms with Crippen LogP contribution in [0.1, 0.15) is 17.9 Å². The number of aromatic nitrogens is 2. The first-order valence-electron chi connectivity index (χ1n) is 8.71. The molecule has 2 aromatic carbocycles. The summed E-state index contributed by atoms with van der Waals surface area (Å²) in [6.07, 6.45) is 11.7. The summed E-state index contributed by atoms with van der Waals surface area (Å²) >= 11 is 1.73. The van der Waals surface area contributed by atoms with Crippen molar-refractivity contribution >= 4 is 43.3 Å². The predicted octanol–water partition coefficient (Wildman–Crippen LogP) is 6.19. The van der Waals surface area contributed by atoms with Gasteiger partial charge in [0.1, 0.15) is 0 Å². The van der Waals surface area contributed by atoms with Gasteiger partial charge in [0, 0.05) is 21.7 Å². The van der Waals surface area contributed by atoms with Gasteiger partial charge in [0.15, 0.2) is 0 Å². The van der Waals surface area contributed by atoms with Gasteiger partial charge >= 0.3 is 0 Å². The third kappa shape index (κ3) is 2.78. The number of nitrogens with zero attached hydrogens (tertiary/aromatic N) is 2. The lowest BCUT2D eigenvalue weighted by Crippen LogP contribution is -1.99. The Bertz CT molecular complexity index is 1140. The van der Waals surface area contributed by atoms with Crippen LogP contribution in [0, 0.1) is 0 Å². The molecule has 2 aromatic heterocycles. The summed E-state index contributed by atoms with van der Waals surface area (Å²) in [7, 11) is 0. The summed E-state index contributed by atoms with van der Waals surface area (Å²) < 4.78 is 2.36. The van der Waals surface area contributed by atoms with E-state index in [2.05, 4.69) is 83.1 Å². The normalized spacial score (nSPS) is 16.4. The average molecular weight is 355 g/mol. The molecule has 0 saturated carbocycles. The minimum Gasteiger partial charge on any atom is -0.324 e. The van der Waals surface area contributed by atoms with E-state index in [4.69, 9.17) is 4.98 Å². The summed E-state index contributed by atoms with van der Waals surface area (Å²) in [6.45, 7) is 0. The number of allylic oxidation sites excluding steroid dienone is 4. The van der Waals surface area contributed by atoms with Gasteiger partial charge in [-0.25, -0.2) is 9.97 Å². The number of anilines is 2. The Hall–Kier alpha value is -2.98. The van der Waals surface area contributed by atoms with Crippen LogP contribution in [0.4, 0.5) is 11.6 Å². The summed E-state index contributed by atoms with van der Waals surface area (Å²) in [4.78, 5) is 9.22. The fraction of sp³-hybridized carbons (Fsp3) is 0.0909. The van der Waals surface area contributed by atoms with Gasteiger partial charge in [0.25, 0.3) is 0 Å². The second-order valence-corrected chi connectivity index (χ2v) is 7.49. The van der Waals surface area contributed by atoms with Crippen molar-refractivity contribution in [1.82, 2.24) is 9.97 Å². The average Bonchev–Trinajstić information content (AvgIpc) is 3.07. The van der Waals surface area contributed by atoms with Crippen LogP contribution in [0.3, 0.4) is 0 Å². The molecule has 0 amide bonds. The molecule has 0 radical (unpaired) electrons. The first kappa shape index (κ1) is 15.3. The topological polar surface area (TPSA) is 37.8 Å². The first-order chi connectivity index (χ1) is 12.9. The fourth-order valence-electron chi connectivity index (χ4n) is 3.34. The molecule has 1 aliphatic carbocycles. The highest BCUT2D eigenvalue weighted by molar-refractivity contribution is 7.25. The van der Waals surface area contributed by atoms with E-state index < -0.39 is 0 Å². The number of benzene rings is 2. The molecular weight excluding hydrogens is 338 g/mol. The third-order valence-electron chi connectivity index (χ3n) is 4.69. The van der Waals surface area contributed by atoms with Gasteiger partial charge in [0.2, 0.25) is 5.95 Å². The molecule has 1 aliphatic rings. The molecule has 126 valence electrons. The molecule has 5 rings (SSSR count). The van der Waals surface area contributed by atoms with Gasteiger partial charge in [-0.3, -0.25) is 0 Å². The number of hydrogen-bond donors (Lipinski definition) is 1. The minimum atomic E-state index is 0.471. The number of rotatable bonds is 3. The zero-order valence-electron chi connectivity index (χ0n) is 14.1. The minimum absolute atomic E-state index is 0.471. The monoisotopic (exact) mass is 355 g/mol. The van der Waals surface area contributed by atoms with Crippen LogP contribution in [0.5, 0.6) is 0 Å². The van der Waals surface area contributed by atoms with Gasteiger partial charge < -0.3 is 5.32 Å². The van der Waals surface area contributed by atoms with Crippen molar-refractivity contribution in [3.05, 3.63) is 84.6 Å². The molecule has 0 aliphatic heterocycles. The van der Waals surface area contributed by atoms with E-state index >= 15 is 0 Å². The quantitative estimate of drug-likeness (QED) is 0.476. The number of fused-ring (bicyclic) bond motifs is 3. The van der Waals surface area contributed by atoms with E-state index in [9.17, 15) is 0 Å². The second-order valence-electron chi connectivity index (χ2n) is 6.41. The van der Waals surface area contributed by atoms with Crippen molar-refractivity contribution < 1.29 is 0 Å². The Morgan fingerprint density at radius 3 is 2.69 bits per heavy atom. The molecule has 1 N–H and O–H groups in total. The summed E-state index contributed by atoms with van der Waals surface area (Å²) in [6, 6.07) is 16.9. The van der Waals surface area contributed by atoms with Gasteiger partial charge in [-0.05, 0) is 30.2 Å². The summed E-state index contributed by atoms with van der Waals surface area (Å²) in [5, 5.41) is 4.52. The molecule has 3 nitrogen and oxygen atoms in total. The van der Waals surface area contributed by atoms with Crippen LogP contribution in [-0.4, -0.2) is 9.97 Å². The molecule has 0 spiro atoms. The predicted molar refractivity (Wildman–Crippen MR) is 110 cm³/mol. The second kappa shape index (κ2) is 6.39. The number of hydrogen-bond acceptors (Lipinski definition) is 4. The SMILES string of the molecule is C1=CCC(c2ccc(Nc3ncc4sc5ccccc5c4n3)cc2)C=C1. The molecule has 0 bridgehead atoms. The lowest BCUT2D eigenvalue weighted by atomic mass is 9.92. The molecule has 4 aromatic rings. The summed E-state index contributed by atoms with van der Waals surface area (Å²) in [5.74, 6) is 1.10. The lowest BCUT2D eigenvalue weighted by Gasteiger charge is -2.14. The van der Waals surface area contributed by atoms with Gasteiger partial charge in [-0.15, -0.1) is 11.3 Å². The number of thiophene rings is 1. The van der Waals surface area contributed by atoms with E-state index in [-0.39, 0.29) is 0 Å². The molecular formula is C22H17N3S. The zero-order chi connectivity index (χ0) is 17.3. The van der Waals surface area contributed by atoms with E-state index in [0.717, 1.165) is 22.3 Å². The highest BCUT2D eigenvalue weighted by atomic mass is 32.1. The van der Waals surface area contributed by atoms with Crippen LogP contribution >= 0.6 is 11.3 Å². The van der Waals surface area contributed by atoms with Crippen LogP contribution in [-0.2, 0) is 0 Å². The Labute approximate surface area is 155 Å². The van der Waals surface area contributed by atoms with Gasteiger partial charge in [0.05, 0.1) is 16.4 Å². The van der Waals surface area contributed by atoms with Gasteiger partial charge in [-0.1, -0.05) is 54.6 Å². The number of nitrogens with one attached hydrogen (secondary N) is 1. The highest BCUT2D eigenvalue weighted by Gasteiger charge is 2.10. The Kier molecular flexibility index (Phi) is 3.76. The Morgan fingerprint density at radius 1 is 0.962 bits per heavy atom. The largest absolute Gasteiger partial charge is 0.324 e. The van der Waals surface area contributed by atoms with Crippen molar-refractivity contribution in [2.75, 3.05) is 5.32 Å². The van der Waals surface area contributed by atoms with Crippen molar-refractivity contribution in [2.24, 2.45) is 0 Å². The molecule has 2 heterocycles. The summed E-state index contributed by atoms with van der Waals surface area (Å²) in [5.41, 5.74) is 3.35. The van der Waals surface area contributed by atoms with Crippen molar-refractivity contribution in [3.63, 3.8) is 0 Å². The van der Waals surface area contributed by atoms with Crippen molar-refractivity contribution in [1.29, 1.82) is 0 Å². The Balaban J connectivity index is 1.42. The highest BCUT2D eigenvalue weighted by Crippen LogP contribution is 2.32. The maximum Gasteiger partial charge on any atom is 0.227 e. The van der Waals surface area contributed by atoms with Crippen LogP contribution in [0.2, 0.25) is 0 Å². The van der Waals surface area contributed by atoms with Crippen molar-refractivity contribution in [2.45, 2.75) is 12.3 Å². The molecule has 0 fully saturated rings. The molecule has 0 saturated heterocycles. The smallest absolute Gasteiger partial charge is 0.227 e. The Morgan fingerprint density at radius 2 is 1.85 bits per heavy atom. The lowest BCUT2D eigenvalue weighted by molar-refractivity contribution is 0.854. The van der Waals surface area contributed by atoms with Crippen LogP contribution in [0.15, 0.2) is 79.0 Å². The third-order valence-corrected chi connectivity index (χ3v) is 5.79. The van der Waals surface area contributed by atoms with E-state index in [1.807, 2.05) is 6.20 Å².